The number of halogens is 1. The van der Waals surface area contributed by atoms with E-state index in [9.17, 15) is 29.4 Å². The summed E-state index contributed by atoms with van der Waals surface area (Å²) in [6, 6.07) is 8.91. The smallest absolute Gasteiger partial charge is 0.279 e. The molecule has 25 heavy (non-hydrogen) atoms. The normalized spacial score (nSPS) is 10.6. The van der Waals surface area contributed by atoms with Crippen LogP contribution in [0.25, 0.3) is 6.08 Å². The summed E-state index contributed by atoms with van der Waals surface area (Å²) in [4.78, 5) is 32.3. The molecule has 0 saturated heterocycles. The first-order chi connectivity index (χ1) is 11.9. The van der Waals surface area contributed by atoms with Gasteiger partial charge in [-0.05, 0) is 18.2 Å². The SMILES string of the molecule is O=C(C=Cc1ccc(F)cc1[N+](=O)[O-])NCc1ccccc1[N+](=O)[O-]. The average molecular weight is 345 g/mol. The fourth-order valence-corrected chi connectivity index (χ4v) is 2.06. The van der Waals surface area contributed by atoms with Gasteiger partial charge in [0.1, 0.15) is 5.82 Å². The number of hydrogen-bond acceptors (Lipinski definition) is 5. The number of nitro groups is 2. The molecule has 0 unspecified atom stereocenters. The zero-order valence-electron chi connectivity index (χ0n) is 12.7. The Morgan fingerprint density at radius 1 is 1.08 bits per heavy atom. The summed E-state index contributed by atoms with van der Waals surface area (Å²) >= 11 is 0. The topological polar surface area (TPSA) is 115 Å². The van der Waals surface area contributed by atoms with Gasteiger partial charge in [0, 0.05) is 24.3 Å². The van der Waals surface area contributed by atoms with Crippen LogP contribution >= 0.6 is 0 Å². The second kappa shape index (κ2) is 7.77. The fraction of sp³-hybridized carbons (Fsp3) is 0.0625. The van der Waals surface area contributed by atoms with Crippen LogP contribution in [0.2, 0.25) is 0 Å². The van der Waals surface area contributed by atoms with Gasteiger partial charge in [-0.15, -0.1) is 0 Å². The molecule has 0 spiro atoms. The lowest BCUT2D eigenvalue weighted by atomic mass is 10.1. The lowest BCUT2D eigenvalue weighted by Gasteiger charge is -2.03. The minimum atomic E-state index is -0.760. The van der Waals surface area contributed by atoms with Gasteiger partial charge in [-0.2, -0.15) is 0 Å². The number of benzene rings is 2. The van der Waals surface area contributed by atoms with Crippen LogP contribution in [0.3, 0.4) is 0 Å². The van der Waals surface area contributed by atoms with E-state index in [1.807, 2.05) is 0 Å². The summed E-state index contributed by atoms with van der Waals surface area (Å²) in [7, 11) is 0. The van der Waals surface area contributed by atoms with Gasteiger partial charge in [-0.3, -0.25) is 25.0 Å². The fourth-order valence-electron chi connectivity index (χ4n) is 2.06. The highest BCUT2D eigenvalue weighted by Gasteiger charge is 2.14. The number of amides is 1. The zero-order valence-corrected chi connectivity index (χ0v) is 12.7. The van der Waals surface area contributed by atoms with E-state index in [2.05, 4.69) is 5.32 Å². The van der Waals surface area contributed by atoms with E-state index in [-0.39, 0.29) is 17.8 Å². The van der Waals surface area contributed by atoms with E-state index >= 15 is 0 Å². The highest BCUT2D eigenvalue weighted by atomic mass is 19.1. The van der Waals surface area contributed by atoms with Crippen LogP contribution in [-0.4, -0.2) is 15.8 Å². The Kier molecular flexibility index (Phi) is 5.51. The standard InChI is InChI=1S/C16H12FN3O5/c17-13-7-5-11(15(9-13)20(24)25)6-8-16(21)18-10-12-3-1-2-4-14(12)19(22)23/h1-9H,10H2,(H,18,21). The molecule has 0 bridgehead atoms. The molecular formula is C16H12FN3O5. The lowest BCUT2D eigenvalue weighted by molar-refractivity contribution is -0.385. The Morgan fingerprint density at radius 3 is 2.44 bits per heavy atom. The highest BCUT2D eigenvalue weighted by Crippen LogP contribution is 2.21. The van der Waals surface area contributed by atoms with Crippen molar-refractivity contribution in [2.24, 2.45) is 0 Å². The summed E-state index contributed by atoms with van der Waals surface area (Å²) in [5, 5.41) is 24.2. The third-order valence-corrected chi connectivity index (χ3v) is 3.24. The molecule has 0 fully saturated rings. The van der Waals surface area contributed by atoms with Gasteiger partial charge in [-0.1, -0.05) is 18.2 Å². The molecule has 9 heteroatoms. The zero-order chi connectivity index (χ0) is 18.4. The maximum Gasteiger partial charge on any atom is 0.279 e. The van der Waals surface area contributed by atoms with E-state index in [0.717, 1.165) is 18.2 Å². The Morgan fingerprint density at radius 2 is 1.76 bits per heavy atom. The molecule has 0 aromatic heterocycles. The van der Waals surface area contributed by atoms with Crippen LogP contribution in [0.1, 0.15) is 11.1 Å². The van der Waals surface area contributed by atoms with E-state index in [1.54, 1.807) is 6.07 Å². The number of nitrogens with one attached hydrogen (secondary N) is 1. The molecule has 0 aliphatic carbocycles. The van der Waals surface area contributed by atoms with Crippen LogP contribution in [0, 0.1) is 26.0 Å². The minimum absolute atomic E-state index is 0.0623. The first-order valence-corrected chi connectivity index (χ1v) is 7.00. The predicted molar refractivity (Wildman–Crippen MR) is 87.0 cm³/mol. The maximum absolute atomic E-state index is 13.1. The number of para-hydroxylation sites is 1. The summed E-state index contributed by atoms with van der Waals surface area (Å²) in [5.74, 6) is -1.36. The van der Waals surface area contributed by atoms with Crippen molar-refractivity contribution in [3.05, 3.63) is 85.7 Å². The molecule has 128 valence electrons. The molecule has 1 N–H and O–H groups in total. The summed E-state index contributed by atoms with van der Waals surface area (Å²) in [5.41, 5.74) is -0.210. The molecular weight excluding hydrogens is 333 g/mol. The Balaban J connectivity index is 2.08. The van der Waals surface area contributed by atoms with Gasteiger partial charge in [0.15, 0.2) is 0 Å². The maximum atomic E-state index is 13.1. The van der Waals surface area contributed by atoms with Crippen molar-refractivity contribution in [3.63, 3.8) is 0 Å². The predicted octanol–water partition coefficient (Wildman–Crippen LogP) is 2.97. The van der Waals surface area contributed by atoms with E-state index < -0.39 is 27.3 Å². The van der Waals surface area contributed by atoms with Gasteiger partial charge in [0.2, 0.25) is 5.91 Å². The minimum Gasteiger partial charge on any atom is -0.348 e. The monoisotopic (exact) mass is 345 g/mol. The number of carbonyl (C=O) groups is 1. The van der Waals surface area contributed by atoms with Crippen molar-refractivity contribution in [1.29, 1.82) is 0 Å². The average Bonchev–Trinajstić information content (AvgIpc) is 2.58. The van der Waals surface area contributed by atoms with Gasteiger partial charge < -0.3 is 5.32 Å². The van der Waals surface area contributed by atoms with Crippen LogP contribution in [-0.2, 0) is 11.3 Å². The molecule has 2 aromatic carbocycles. The van der Waals surface area contributed by atoms with E-state index in [4.69, 9.17) is 0 Å². The van der Waals surface area contributed by atoms with Crippen LogP contribution in [0.15, 0.2) is 48.5 Å². The molecule has 0 aliphatic rings. The van der Waals surface area contributed by atoms with Crippen molar-refractivity contribution in [2.45, 2.75) is 6.54 Å². The molecule has 8 nitrogen and oxygen atoms in total. The number of carbonyl (C=O) groups excluding carboxylic acids is 1. The third-order valence-electron chi connectivity index (χ3n) is 3.24. The third kappa shape index (κ3) is 4.67. The number of hydrogen-bond donors (Lipinski definition) is 1. The number of nitro benzene ring substituents is 2. The first kappa shape index (κ1) is 17.7. The molecule has 1 amide bonds. The van der Waals surface area contributed by atoms with E-state index in [1.165, 1.54) is 30.3 Å². The van der Waals surface area contributed by atoms with Crippen molar-refractivity contribution in [2.75, 3.05) is 0 Å². The van der Waals surface area contributed by atoms with Crippen LogP contribution < -0.4 is 5.32 Å². The van der Waals surface area contributed by atoms with Crippen molar-refractivity contribution in [3.8, 4) is 0 Å². The Labute approximate surface area is 140 Å². The van der Waals surface area contributed by atoms with Crippen LogP contribution in [0.4, 0.5) is 15.8 Å². The summed E-state index contributed by atoms with van der Waals surface area (Å²) in [6.07, 6.45) is 2.21. The number of rotatable bonds is 6. The molecule has 0 aliphatic heterocycles. The second-order valence-corrected chi connectivity index (χ2v) is 4.90. The number of nitrogens with zero attached hydrogens (tertiary/aromatic N) is 2. The lowest BCUT2D eigenvalue weighted by Crippen LogP contribution is -2.20. The highest BCUT2D eigenvalue weighted by molar-refractivity contribution is 5.92. The van der Waals surface area contributed by atoms with Gasteiger partial charge in [0.25, 0.3) is 11.4 Å². The quantitative estimate of drug-likeness (QED) is 0.491. The molecule has 0 radical (unpaired) electrons. The largest absolute Gasteiger partial charge is 0.348 e. The van der Waals surface area contributed by atoms with Crippen LogP contribution in [0.5, 0.6) is 0 Å². The molecule has 0 heterocycles. The molecule has 2 rings (SSSR count). The molecule has 0 saturated carbocycles. The van der Waals surface area contributed by atoms with Crippen molar-refractivity contribution in [1.82, 2.24) is 5.32 Å². The molecule has 2 aromatic rings. The summed E-state index contributed by atoms with van der Waals surface area (Å²) in [6.45, 7) is -0.0775. The van der Waals surface area contributed by atoms with Gasteiger partial charge in [0.05, 0.1) is 21.5 Å². The first-order valence-electron chi connectivity index (χ1n) is 7.00. The van der Waals surface area contributed by atoms with Gasteiger partial charge in [-0.25, -0.2) is 4.39 Å². The van der Waals surface area contributed by atoms with Gasteiger partial charge >= 0.3 is 0 Å². The molecule has 0 atom stereocenters. The Bertz CT molecular complexity index is 867. The van der Waals surface area contributed by atoms with E-state index in [0.29, 0.717) is 5.56 Å². The second-order valence-electron chi connectivity index (χ2n) is 4.90. The van der Waals surface area contributed by atoms with Crippen molar-refractivity contribution >= 4 is 23.4 Å². The Hall–Kier alpha value is -3.62. The van der Waals surface area contributed by atoms with Crippen molar-refractivity contribution < 1.29 is 19.0 Å². The summed E-state index contributed by atoms with van der Waals surface area (Å²) < 4.78 is 13.1.